The molecule has 0 amide bonds. The van der Waals surface area contributed by atoms with Crippen molar-refractivity contribution < 1.29 is 9.53 Å². The van der Waals surface area contributed by atoms with Gasteiger partial charge in [-0.25, -0.2) is 4.98 Å². The highest BCUT2D eigenvalue weighted by Crippen LogP contribution is 2.34. The van der Waals surface area contributed by atoms with E-state index in [1.54, 1.807) is 13.3 Å². The van der Waals surface area contributed by atoms with Crippen molar-refractivity contribution in [2.75, 3.05) is 7.11 Å². The number of aromatic nitrogens is 2. The standard InChI is InChI=1S/C12H18N2O2/c1-14-8-7-13-11(14)9-10(15)12(16-2)5-3-4-6-12/h7-8H,3-6,9H2,1-2H3. The Kier molecular flexibility index (Phi) is 3.10. The van der Waals surface area contributed by atoms with E-state index >= 15 is 0 Å². The average molecular weight is 222 g/mol. The van der Waals surface area contributed by atoms with Crippen molar-refractivity contribution in [1.82, 2.24) is 9.55 Å². The molecule has 4 nitrogen and oxygen atoms in total. The number of imidazole rings is 1. The van der Waals surface area contributed by atoms with Gasteiger partial charge in [-0.2, -0.15) is 0 Å². The molecule has 0 aromatic carbocycles. The number of aryl methyl sites for hydroxylation is 1. The molecule has 1 aromatic heterocycles. The number of rotatable bonds is 4. The van der Waals surface area contributed by atoms with E-state index < -0.39 is 5.60 Å². The van der Waals surface area contributed by atoms with Crippen LogP contribution < -0.4 is 0 Å². The summed E-state index contributed by atoms with van der Waals surface area (Å²) in [6, 6.07) is 0. The molecule has 1 heterocycles. The Hall–Kier alpha value is -1.16. The van der Waals surface area contributed by atoms with Gasteiger partial charge < -0.3 is 9.30 Å². The van der Waals surface area contributed by atoms with E-state index in [1.165, 1.54) is 0 Å². The number of methoxy groups -OCH3 is 1. The maximum Gasteiger partial charge on any atom is 0.172 e. The molecular weight excluding hydrogens is 204 g/mol. The first-order chi connectivity index (χ1) is 7.68. The van der Waals surface area contributed by atoms with Crippen molar-refractivity contribution in [3.8, 4) is 0 Å². The Morgan fingerprint density at radius 1 is 1.56 bits per heavy atom. The minimum atomic E-state index is -0.536. The van der Waals surface area contributed by atoms with Gasteiger partial charge in [-0.15, -0.1) is 0 Å². The van der Waals surface area contributed by atoms with Gasteiger partial charge in [0.25, 0.3) is 0 Å². The lowest BCUT2D eigenvalue weighted by Crippen LogP contribution is -2.39. The second-order valence-corrected chi connectivity index (χ2v) is 4.46. The zero-order chi connectivity index (χ0) is 11.6. The lowest BCUT2D eigenvalue weighted by molar-refractivity contribution is -0.139. The highest BCUT2D eigenvalue weighted by atomic mass is 16.5. The number of carbonyl (C=O) groups excluding carboxylic acids is 1. The Morgan fingerprint density at radius 3 is 2.75 bits per heavy atom. The molecule has 0 N–H and O–H groups in total. The molecule has 1 saturated carbocycles. The van der Waals surface area contributed by atoms with E-state index in [-0.39, 0.29) is 5.78 Å². The number of ether oxygens (including phenoxy) is 1. The molecule has 1 aliphatic rings. The molecule has 0 bridgehead atoms. The van der Waals surface area contributed by atoms with Gasteiger partial charge in [-0.3, -0.25) is 4.79 Å². The van der Waals surface area contributed by atoms with Gasteiger partial charge in [0.2, 0.25) is 0 Å². The van der Waals surface area contributed by atoms with Crippen molar-refractivity contribution in [2.45, 2.75) is 37.7 Å². The SMILES string of the molecule is COC1(C(=O)Cc2nccn2C)CCCC1. The first-order valence-corrected chi connectivity index (χ1v) is 5.72. The van der Waals surface area contributed by atoms with Gasteiger partial charge in [-0.05, 0) is 25.7 Å². The molecule has 0 atom stereocenters. The quantitative estimate of drug-likeness (QED) is 0.775. The molecule has 4 heteroatoms. The van der Waals surface area contributed by atoms with Crippen molar-refractivity contribution in [3.63, 3.8) is 0 Å². The fourth-order valence-electron chi connectivity index (χ4n) is 2.41. The number of hydrogen-bond donors (Lipinski definition) is 0. The van der Waals surface area contributed by atoms with Crippen LogP contribution in [0.5, 0.6) is 0 Å². The van der Waals surface area contributed by atoms with Gasteiger partial charge >= 0.3 is 0 Å². The topological polar surface area (TPSA) is 44.1 Å². The minimum absolute atomic E-state index is 0.168. The molecule has 2 rings (SSSR count). The zero-order valence-electron chi connectivity index (χ0n) is 9.90. The molecule has 0 radical (unpaired) electrons. The molecule has 0 spiro atoms. The van der Waals surface area contributed by atoms with Crippen LogP contribution in [0.15, 0.2) is 12.4 Å². The van der Waals surface area contributed by atoms with E-state index in [1.807, 2.05) is 17.8 Å². The Bertz CT molecular complexity index is 378. The molecular formula is C12H18N2O2. The van der Waals surface area contributed by atoms with Crippen molar-refractivity contribution in [2.24, 2.45) is 7.05 Å². The van der Waals surface area contributed by atoms with Crippen LogP contribution in [0, 0.1) is 0 Å². The van der Waals surface area contributed by atoms with E-state index in [4.69, 9.17) is 4.74 Å². The number of carbonyl (C=O) groups is 1. The van der Waals surface area contributed by atoms with Gasteiger partial charge in [0, 0.05) is 26.6 Å². The van der Waals surface area contributed by atoms with Gasteiger partial charge in [-0.1, -0.05) is 0 Å². The predicted molar refractivity (Wildman–Crippen MR) is 60.1 cm³/mol. The third-order valence-corrected chi connectivity index (χ3v) is 3.55. The van der Waals surface area contributed by atoms with Crippen LogP contribution in [0.25, 0.3) is 0 Å². The minimum Gasteiger partial charge on any atom is -0.370 e. The van der Waals surface area contributed by atoms with E-state index in [0.717, 1.165) is 31.5 Å². The fourth-order valence-corrected chi connectivity index (χ4v) is 2.41. The first kappa shape index (κ1) is 11.3. The highest BCUT2D eigenvalue weighted by molar-refractivity contribution is 5.89. The van der Waals surface area contributed by atoms with Crippen LogP contribution in [-0.2, 0) is 23.0 Å². The van der Waals surface area contributed by atoms with Crippen LogP contribution in [0.2, 0.25) is 0 Å². The largest absolute Gasteiger partial charge is 0.370 e. The second-order valence-electron chi connectivity index (χ2n) is 4.46. The van der Waals surface area contributed by atoms with E-state index in [2.05, 4.69) is 4.98 Å². The normalized spacial score (nSPS) is 18.9. The summed E-state index contributed by atoms with van der Waals surface area (Å²) in [6.07, 6.45) is 7.82. The van der Waals surface area contributed by atoms with Crippen LogP contribution in [0.1, 0.15) is 31.5 Å². The molecule has 1 fully saturated rings. The summed E-state index contributed by atoms with van der Waals surface area (Å²) in [5.41, 5.74) is -0.536. The summed E-state index contributed by atoms with van der Waals surface area (Å²) >= 11 is 0. The maximum atomic E-state index is 12.2. The molecule has 88 valence electrons. The van der Waals surface area contributed by atoms with Crippen LogP contribution >= 0.6 is 0 Å². The van der Waals surface area contributed by atoms with Gasteiger partial charge in [0.15, 0.2) is 5.78 Å². The van der Waals surface area contributed by atoms with Crippen molar-refractivity contribution in [1.29, 1.82) is 0 Å². The summed E-state index contributed by atoms with van der Waals surface area (Å²) in [6.45, 7) is 0. The van der Waals surface area contributed by atoms with Crippen LogP contribution in [0.4, 0.5) is 0 Å². The maximum absolute atomic E-state index is 12.2. The summed E-state index contributed by atoms with van der Waals surface area (Å²) < 4.78 is 7.35. The molecule has 0 aliphatic heterocycles. The van der Waals surface area contributed by atoms with Gasteiger partial charge in [0.1, 0.15) is 11.4 Å². The third kappa shape index (κ3) is 1.89. The zero-order valence-corrected chi connectivity index (χ0v) is 9.90. The second kappa shape index (κ2) is 4.37. The van der Waals surface area contributed by atoms with Crippen molar-refractivity contribution in [3.05, 3.63) is 18.2 Å². The average Bonchev–Trinajstić information content (AvgIpc) is 2.89. The molecule has 1 aliphatic carbocycles. The van der Waals surface area contributed by atoms with Crippen molar-refractivity contribution >= 4 is 5.78 Å². The molecule has 1 aromatic rings. The van der Waals surface area contributed by atoms with Crippen LogP contribution in [0.3, 0.4) is 0 Å². The van der Waals surface area contributed by atoms with E-state index in [9.17, 15) is 4.79 Å². The summed E-state index contributed by atoms with van der Waals surface area (Å²) in [5, 5.41) is 0. The monoisotopic (exact) mass is 222 g/mol. The number of ketones is 1. The predicted octanol–water partition coefficient (Wildman–Crippen LogP) is 1.49. The molecule has 16 heavy (non-hydrogen) atoms. The first-order valence-electron chi connectivity index (χ1n) is 5.72. The summed E-state index contributed by atoms with van der Waals surface area (Å²) in [4.78, 5) is 16.4. The number of Topliss-reactive ketones (excluding diaryl/α,β-unsaturated/α-hetero) is 1. The summed E-state index contributed by atoms with van der Waals surface area (Å²) in [5.74, 6) is 0.982. The number of hydrogen-bond acceptors (Lipinski definition) is 3. The molecule has 0 unspecified atom stereocenters. The van der Waals surface area contributed by atoms with Gasteiger partial charge in [0.05, 0.1) is 6.42 Å². The number of nitrogens with zero attached hydrogens (tertiary/aromatic N) is 2. The fraction of sp³-hybridized carbons (Fsp3) is 0.667. The Labute approximate surface area is 95.6 Å². The Morgan fingerprint density at radius 2 is 2.25 bits per heavy atom. The van der Waals surface area contributed by atoms with Crippen LogP contribution in [-0.4, -0.2) is 28.0 Å². The third-order valence-electron chi connectivity index (χ3n) is 3.55. The lowest BCUT2D eigenvalue weighted by Gasteiger charge is -2.25. The summed E-state index contributed by atoms with van der Waals surface area (Å²) in [7, 11) is 3.55. The highest BCUT2D eigenvalue weighted by Gasteiger charge is 2.40. The van der Waals surface area contributed by atoms with E-state index in [0.29, 0.717) is 6.42 Å². The molecule has 0 saturated heterocycles. The Balaban J connectivity index is 2.10. The smallest absolute Gasteiger partial charge is 0.172 e. The lowest BCUT2D eigenvalue weighted by atomic mass is 9.94.